The van der Waals surface area contributed by atoms with Gasteiger partial charge in [-0.1, -0.05) is 28.4 Å². The molecule has 1 aromatic rings. The van der Waals surface area contributed by atoms with Crippen LogP contribution in [0.2, 0.25) is 10.0 Å². The van der Waals surface area contributed by atoms with Gasteiger partial charge in [0.15, 0.2) is 0 Å². The number of carbonyl (C=O) groups is 2. The molecule has 0 spiro atoms. The number of likely N-dealkylation sites (tertiary alicyclic amines) is 1. The SMILES string of the molecule is CO/N=C1/CN(C(=O)OC(C)(C)C)CCC1NC(=O)c1[nH]c(C)c(Cl)c1Cl. The van der Waals surface area contributed by atoms with E-state index in [4.69, 9.17) is 32.8 Å². The highest BCUT2D eigenvalue weighted by Gasteiger charge is 2.33. The molecule has 8 nitrogen and oxygen atoms in total. The number of amides is 2. The zero-order valence-corrected chi connectivity index (χ0v) is 17.5. The highest BCUT2D eigenvalue weighted by Crippen LogP contribution is 2.29. The Bertz CT molecular complexity index is 755. The minimum atomic E-state index is -0.595. The zero-order chi connectivity index (χ0) is 20.4. The summed E-state index contributed by atoms with van der Waals surface area (Å²) in [6.45, 7) is 7.72. The number of carbonyl (C=O) groups excluding carboxylic acids is 2. The Morgan fingerprint density at radius 2 is 1.96 bits per heavy atom. The average Bonchev–Trinajstić information content (AvgIpc) is 2.82. The number of oxime groups is 1. The summed E-state index contributed by atoms with van der Waals surface area (Å²) in [5, 5.41) is 7.31. The van der Waals surface area contributed by atoms with Gasteiger partial charge in [-0.25, -0.2) is 4.79 Å². The number of hydrogen-bond donors (Lipinski definition) is 2. The second kappa shape index (κ2) is 8.39. The number of aromatic nitrogens is 1. The maximum Gasteiger partial charge on any atom is 0.410 e. The van der Waals surface area contributed by atoms with Gasteiger partial charge in [0.25, 0.3) is 5.91 Å². The largest absolute Gasteiger partial charge is 0.444 e. The van der Waals surface area contributed by atoms with Gasteiger partial charge in [0.1, 0.15) is 18.4 Å². The number of nitrogens with one attached hydrogen (secondary N) is 2. The minimum absolute atomic E-state index is 0.170. The Kier molecular flexibility index (Phi) is 6.64. The Morgan fingerprint density at radius 1 is 1.30 bits per heavy atom. The molecule has 1 aliphatic rings. The van der Waals surface area contributed by atoms with Crippen LogP contribution in [-0.4, -0.2) is 59.4 Å². The molecule has 0 bridgehead atoms. The van der Waals surface area contributed by atoms with Gasteiger partial charge in [-0.05, 0) is 34.1 Å². The normalized spacial score (nSPS) is 19.1. The molecule has 1 aliphatic heterocycles. The van der Waals surface area contributed by atoms with Crippen molar-refractivity contribution >= 4 is 40.9 Å². The van der Waals surface area contributed by atoms with Crippen molar-refractivity contribution < 1.29 is 19.2 Å². The highest BCUT2D eigenvalue weighted by atomic mass is 35.5. The summed E-state index contributed by atoms with van der Waals surface area (Å²) in [5.41, 5.74) is 0.707. The smallest absolute Gasteiger partial charge is 0.410 e. The van der Waals surface area contributed by atoms with Crippen LogP contribution in [0.5, 0.6) is 0 Å². The molecule has 2 rings (SSSR count). The maximum absolute atomic E-state index is 12.6. The molecule has 0 aliphatic carbocycles. The van der Waals surface area contributed by atoms with Gasteiger partial charge in [0.05, 0.1) is 28.3 Å². The molecular formula is C17H24Cl2N4O4. The Balaban J connectivity index is 2.10. The summed E-state index contributed by atoms with van der Waals surface area (Å²) in [7, 11) is 1.41. The molecular weight excluding hydrogens is 395 g/mol. The van der Waals surface area contributed by atoms with Crippen molar-refractivity contribution in [3.63, 3.8) is 0 Å². The van der Waals surface area contributed by atoms with Gasteiger partial charge in [-0.3, -0.25) is 4.79 Å². The summed E-state index contributed by atoms with van der Waals surface area (Å²) in [6, 6.07) is -0.408. The monoisotopic (exact) mass is 418 g/mol. The predicted octanol–water partition coefficient (Wildman–Crippen LogP) is 3.37. The van der Waals surface area contributed by atoms with Gasteiger partial charge in [-0.15, -0.1) is 0 Å². The highest BCUT2D eigenvalue weighted by molar-refractivity contribution is 6.44. The molecule has 1 unspecified atom stereocenters. The number of H-pyrrole nitrogens is 1. The van der Waals surface area contributed by atoms with Crippen molar-refractivity contribution in [1.29, 1.82) is 0 Å². The summed E-state index contributed by atoms with van der Waals surface area (Å²) < 4.78 is 5.39. The molecule has 2 amide bonds. The fourth-order valence-corrected chi connectivity index (χ4v) is 3.06. The van der Waals surface area contributed by atoms with E-state index in [9.17, 15) is 9.59 Å². The van der Waals surface area contributed by atoms with Crippen LogP contribution < -0.4 is 5.32 Å². The molecule has 2 heterocycles. The van der Waals surface area contributed by atoms with Crippen molar-refractivity contribution in [2.45, 2.75) is 45.8 Å². The lowest BCUT2D eigenvalue weighted by Crippen LogP contribution is -2.54. The standard InChI is InChI=1S/C17H24Cl2N4O4/c1-9-12(18)13(19)14(20-9)15(24)21-10-6-7-23(8-11(10)22-26-5)16(25)27-17(2,3)4/h10,20H,6-8H2,1-5H3,(H,21,24)/b22-11-. The van der Waals surface area contributed by atoms with E-state index in [0.717, 1.165) is 0 Å². The first-order valence-corrected chi connectivity index (χ1v) is 9.21. The average molecular weight is 419 g/mol. The van der Waals surface area contributed by atoms with E-state index in [1.807, 2.05) is 0 Å². The van der Waals surface area contributed by atoms with Crippen LogP contribution in [0.25, 0.3) is 0 Å². The quantitative estimate of drug-likeness (QED) is 0.735. The van der Waals surface area contributed by atoms with E-state index in [1.54, 1.807) is 27.7 Å². The number of piperidine rings is 1. The van der Waals surface area contributed by atoms with Crippen molar-refractivity contribution in [3.8, 4) is 0 Å². The van der Waals surface area contributed by atoms with Gasteiger partial charge < -0.3 is 24.8 Å². The molecule has 0 aromatic carbocycles. The van der Waals surface area contributed by atoms with E-state index < -0.39 is 23.6 Å². The fourth-order valence-electron chi connectivity index (χ4n) is 2.64. The van der Waals surface area contributed by atoms with Crippen LogP contribution in [0.1, 0.15) is 43.4 Å². The van der Waals surface area contributed by atoms with E-state index in [2.05, 4.69) is 15.5 Å². The van der Waals surface area contributed by atoms with E-state index >= 15 is 0 Å². The first-order valence-electron chi connectivity index (χ1n) is 8.45. The fraction of sp³-hybridized carbons (Fsp3) is 0.588. The zero-order valence-electron chi connectivity index (χ0n) is 16.0. The molecule has 1 atom stereocenters. The molecule has 1 aromatic heterocycles. The van der Waals surface area contributed by atoms with E-state index in [0.29, 0.717) is 29.4 Å². The molecule has 2 N–H and O–H groups in total. The second-order valence-electron chi connectivity index (χ2n) is 7.23. The van der Waals surface area contributed by atoms with Crippen LogP contribution in [0, 0.1) is 6.92 Å². The molecule has 1 saturated heterocycles. The molecule has 10 heteroatoms. The Hall–Kier alpha value is -1.93. The first-order chi connectivity index (χ1) is 12.5. The number of halogens is 2. The first kappa shape index (κ1) is 21.4. The molecule has 0 radical (unpaired) electrons. The summed E-state index contributed by atoms with van der Waals surface area (Å²) >= 11 is 12.1. The van der Waals surface area contributed by atoms with Crippen LogP contribution in [0.3, 0.4) is 0 Å². The van der Waals surface area contributed by atoms with Gasteiger partial charge in [-0.2, -0.15) is 0 Å². The van der Waals surface area contributed by atoms with Crippen LogP contribution in [0.4, 0.5) is 4.79 Å². The number of aryl methyl sites for hydroxylation is 1. The lowest BCUT2D eigenvalue weighted by molar-refractivity contribution is 0.0258. The van der Waals surface area contributed by atoms with Gasteiger partial charge in [0, 0.05) is 12.2 Å². The molecule has 1 fully saturated rings. The minimum Gasteiger partial charge on any atom is -0.444 e. The van der Waals surface area contributed by atoms with Crippen LogP contribution in [0.15, 0.2) is 5.16 Å². The van der Waals surface area contributed by atoms with E-state index in [1.165, 1.54) is 12.0 Å². The third kappa shape index (κ3) is 5.29. The summed E-state index contributed by atoms with van der Waals surface area (Å²) in [6.07, 6.45) is 0.0176. The second-order valence-corrected chi connectivity index (χ2v) is 7.99. The number of ether oxygens (including phenoxy) is 1. The summed E-state index contributed by atoms with van der Waals surface area (Å²) in [4.78, 5) is 34.1. The molecule has 0 saturated carbocycles. The van der Waals surface area contributed by atoms with Crippen molar-refractivity contribution in [2.75, 3.05) is 20.2 Å². The number of hydrogen-bond acceptors (Lipinski definition) is 5. The molecule has 150 valence electrons. The van der Waals surface area contributed by atoms with Crippen molar-refractivity contribution in [3.05, 3.63) is 21.4 Å². The lowest BCUT2D eigenvalue weighted by Gasteiger charge is -2.34. The Labute approximate surface area is 168 Å². The van der Waals surface area contributed by atoms with Crippen molar-refractivity contribution in [1.82, 2.24) is 15.2 Å². The van der Waals surface area contributed by atoms with Crippen LogP contribution >= 0.6 is 23.2 Å². The third-order valence-electron chi connectivity index (χ3n) is 3.89. The molecule has 27 heavy (non-hydrogen) atoms. The predicted molar refractivity (Wildman–Crippen MR) is 104 cm³/mol. The van der Waals surface area contributed by atoms with E-state index in [-0.39, 0.29) is 17.3 Å². The van der Waals surface area contributed by atoms with Crippen molar-refractivity contribution in [2.24, 2.45) is 5.16 Å². The topological polar surface area (TPSA) is 96.0 Å². The third-order valence-corrected chi connectivity index (χ3v) is 4.84. The number of nitrogens with zero attached hydrogens (tertiary/aromatic N) is 2. The maximum atomic E-state index is 12.6. The lowest BCUT2D eigenvalue weighted by atomic mass is 10.0. The number of aromatic amines is 1. The Morgan fingerprint density at radius 3 is 2.48 bits per heavy atom. The summed E-state index contributed by atoms with van der Waals surface area (Å²) in [5.74, 6) is -0.408. The van der Waals surface area contributed by atoms with Crippen LogP contribution in [-0.2, 0) is 9.57 Å². The van der Waals surface area contributed by atoms with Gasteiger partial charge >= 0.3 is 6.09 Å². The van der Waals surface area contributed by atoms with Gasteiger partial charge in [0.2, 0.25) is 0 Å². The number of rotatable bonds is 3.